The Bertz CT molecular complexity index is 1620. The molecule has 3 heterocycles. The van der Waals surface area contributed by atoms with Gasteiger partial charge < -0.3 is 14.8 Å². The molecule has 7 rings (SSSR count). The Morgan fingerprint density at radius 1 is 0.892 bits per heavy atom. The smallest absolute Gasteiger partial charge is 0.162 e. The first-order chi connectivity index (χ1) is 18.2. The number of halogens is 1. The Morgan fingerprint density at radius 2 is 1.68 bits per heavy atom. The third kappa shape index (κ3) is 4.68. The summed E-state index contributed by atoms with van der Waals surface area (Å²) in [5.41, 5.74) is 4.82. The van der Waals surface area contributed by atoms with Crippen LogP contribution in [0.15, 0.2) is 77.1 Å². The minimum atomic E-state index is 0.431. The first-order valence-corrected chi connectivity index (χ1v) is 14.7. The van der Waals surface area contributed by atoms with E-state index in [1.165, 1.54) is 34.7 Å². The number of fused-ring (bicyclic) bond motifs is 7. The van der Waals surface area contributed by atoms with Crippen molar-refractivity contribution in [2.24, 2.45) is 0 Å². The Hall–Kier alpha value is -2.77. The van der Waals surface area contributed by atoms with Gasteiger partial charge in [-0.15, -0.1) is 11.3 Å². The average Bonchev–Trinajstić information content (AvgIpc) is 3.64. The van der Waals surface area contributed by atoms with Gasteiger partial charge >= 0.3 is 0 Å². The molecule has 1 N–H and O–H groups in total. The Kier molecular flexibility index (Phi) is 6.21. The summed E-state index contributed by atoms with van der Waals surface area (Å²) in [5.74, 6) is 2.45. The molecule has 2 bridgehead atoms. The van der Waals surface area contributed by atoms with E-state index < -0.39 is 0 Å². The second kappa shape index (κ2) is 9.84. The zero-order valence-corrected chi connectivity index (χ0v) is 22.5. The molecule has 1 fully saturated rings. The van der Waals surface area contributed by atoms with Crippen LogP contribution >= 0.6 is 34.7 Å². The number of ether oxygens (including phenoxy) is 2. The molecule has 7 heteroatoms. The minimum Gasteiger partial charge on any atom is -0.489 e. The summed E-state index contributed by atoms with van der Waals surface area (Å²) < 4.78 is 14.9. The SMILES string of the molecule is Clc1ccc2sc(SCCOc3cc4c(cc3OCc3ccc5ccccc5c3)[C@H]3CC[C@@H]4N3)nc2c1. The minimum absolute atomic E-state index is 0.431. The van der Waals surface area contributed by atoms with Gasteiger partial charge in [-0.05, 0) is 76.7 Å². The summed E-state index contributed by atoms with van der Waals surface area (Å²) in [6.07, 6.45) is 2.37. The van der Waals surface area contributed by atoms with Crippen molar-refractivity contribution in [2.45, 2.75) is 35.9 Å². The molecule has 5 aromatic rings. The lowest BCUT2D eigenvalue weighted by Gasteiger charge is -2.19. The van der Waals surface area contributed by atoms with E-state index in [-0.39, 0.29) is 0 Å². The fraction of sp³-hybridized carbons (Fsp3) is 0.233. The van der Waals surface area contributed by atoms with E-state index in [1.54, 1.807) is 23.1 Å². The lowest BCUT2D eigenvalue weighted by atomic mass is 9.91. The van der Waals surface area contributed by atoms with Gasteiger partial charge in [0, 0.05) is 22.9 Å². The van der Waals surface area contributed by atoms with Gasteiger partial charge in [0.1, 0.15) is 6.61 Å². The van der Waals surface area contributed by atoms with Crippen molar-refractivity contribution in [1.82, 2.24) is 10.3 Å². The molecule has 0 radical (unpaired) electrons. The molecule has 0 saturated carbocycles. The lowest BCUT2D eigenvalue weighted by Crippen LogP contribution is -2.06. The number of thioether (sulfide) groups is 1. The molecular formula is C30H25ClN2O2S2. The summed E-state index contributed by atoms with van der Waals surface area (Å²) in [6, 6.07) is 26.0. The monoisotopic (exact) mass is 544 g/mol. The molecule has 4 aromatic carbocycles. The molecule has 2 aliphatic rings. The van der Waals surface area contributed by atoms with Crippen LogP contribution in [0.3, 0.4) is 0 Å². The second-order valence-electron chi connectivity index (χ2n) is 9.54. The summed E-state index contributed by atoms with van der Waals surface area (Å²) in [4.78, 5) is 4.70. The standard InChI is InChI=1S/C30H25ClN2O2S2/c31-21-7-10-29-26(14-21)33-30(37-29)36-12-11-34-27-15-22-23(25-9-8-24(22)32-25)16-28(27)35-17-18-5-6-19-3-1-2-4-20(19)13-18/h1-7,10,13-16,24-25,32H,8-9,11-12,17H2/t24-,25+/m0/s1. The molecule has 37 heavy (non-hydrogen) atoms. The van der Waals surface area contributed by atoms with E-state index in [0.717, 1.165) is 37.4 Å². The molecule has 186 valence electrons. The van der Waals surface area contributed by atoms with Crippen LogP contribution in [0.5, 0.6) is 11.5 Å². The molecule has 0 amide bonds. The van der Waals surface area contributed by atoms with Gasteiger partial charge in [-0.3, -0.25) is 0 Å². The highest BCUT2D eigenvalue weighted by atomic mass is 35.5. The van der Waals surface area contributed by atoms with E-state index in [2.05, 4.69) is 59.9 Å². The predicted molar refractivity (Wildman–Crippen MR) is 153 cm³/mol. The van der Waals surface area contributed by atoms with Crippen LogP contribution in [0.25, 0.3) is 21.0 Å². The number of rotatable bonds is 8. The summed E-state index contributed by atoms with van der Waals surface area (Å²) in [5, 5.41) is 6.90. The summed E-state index contributed by atoms with van der Waals surface area (Å²) >= 11 is 9.52. The average molecular weight is 545 g/mol. The molecule has 4 nitrogen and oxygen atoms in total. The quantitative estimate of drug-likeness (QED) is 0.157. The van der Waals surface area contributed by atoms with Crippen LogP contribution in [0.2, 0.25) is 5.02 Å². The third-order valence-corrected chi connectivity index (χ3v) is 9.53. The van der Waals surface area contributed by atoms with Gasteiger partial charge in [0.15, 0.2) is 15.8 Å². The number of thiazole rings is 1. The highest BCUT2D eigenvalue weighted by molar-refractivity contribution is 8.01. The molecule has 0 aliphatic carbocycles. The number of hydrogen-bond donors (Lipinski definition) is 1. The molecule has 0 spiro atoms. The van der Waals surface area contributed by atoms with Crippen molar-refractivity contribution < 1.29 is 9.47 Å². The fourth-order valence-corrected chi connectivity index (χ4v) is 7.47. The maximum Gasteiger partial charge on any atom is 0.162 e. The predicted octanol–water partition coefficient (Wildman–Crippen LogP) is 8.33. The van der Waals surface area contributed by atoms with Gasteiger partial charge in [-0.25, -0.2) is 4.98 Å². The van der Waals surface area contributed by atoms with Crippen molar-refractivity contribution in [1.29, 1.82) is 0 Å². The number of benzene rings is 4. The first-order valence-electron chi connectivity index (χ1n) is 12.6. The first kappa shape index (κ1) is 23.4. The van der Waals surface area contributed by atoms with E-state index in [9.17, 15) is 0 Å². The highest BCUT2D eigenvalue weighted by Gasteiger charge is 2.37. The van der Waals surface area contributed by atoms with E-state index >= 15 is 0 Å². The van der Waals surface area contributed by atoms with Crippen LogP contribution in [-0.2, 0) is 6.61 Å². The largest absolute Gasteiger partial charge is 0.489 e. The maximum absolute atomic E-state index is 6.39. The number of nitrogens with zero attached hydrogens (tertiary/aromatic N) is 1. The van der Waals surface area contributed by atoms with Gasteiger partial charge in [0.25, 0.3) is 0 Å². The zero-order chi connectivity index (χ0) is 24.8. The zero-order valence-electron chi connectivity index (χ0n) is 20.1. The van der Waals surface area contributed by atoms with Crippen molar-refractivity contribution >= 4 is 55.7 Å². The van der Waals surface area contributed by atoms with E-state index in [1.807, 2.05) is 18.2 Å². The molecule has 0 unspecified atom stereocenters. The van der Waals surface area contributed by atoms with Gasteiger partial charge in [-0.2, -0.15) is 0 Å². The maximum atomic E-state index is 6.39. The third-order valence-electron chi connectivity index (χ3n) is 7.15. The van der Waals surface area contributed by atoms with Gasteiger partial charge in [0.2, 0.25) is 0 Å². The topological polar surface area (TPSA) is 43.4 Å². The fourth-order valence-electron chi connectivity index (χ4n) is 5.37. The van der Waals surface area contributed by atoms with Crippen molar-refractivity contribution in [2.75, 3.05) is 12.4 Å². The van der Waals surface area contributed by atoms with Crippen LogP contribution < -0.4 is 14.8 Å². The van der Waals surface area contributed by atoms with Gasteiger partial charge in [0.05, 0.1) is 16.8 Å². The molecule has 2 aliphatic heterocycles. The molecule has 2 atom stereocenters. The Morgan fingerprint density at radius 3 is 2.51 bits per heavy atom. The lowest BCUT2D eigenvalue weighted by molar-refractivity contribution is 0.270. The Labute approximate surface area is 229 Å². The highest BCUT2D eigenvalue weighted by Crippen LogP contribution is 2.48. The second-order valence-corrected chi connectivity index (χ2v) is 12.3. The summed E-state index contributed by atoms with van der Waals surface area (Å²) in [6.45, 7) is 1.08. The number of aromatic nitrogens is 1. The number of hydrogen-bond acceptors (Lipinski definition) is 6. The van der Waals surface area contributed by atoms with Crippen LogP contribution in [0, 0.1) is 0 Å². The van der Waals surface area contributed by atoms with E-state index in [0.29, 0.717) is 30.3 Å². The van der Waals surface area contributed by atoms with Crippen molar-refractivity contribution in [3.63, 3.8) is 0 Å². The van der Waals surface area contributed by atoms with Crippen molar-refractivity contribution in [3.05, 3.63) is 94.5 Å². The van der Waals surface area contributed by atoms with Gasteiger partial charge in [-0.1, -0.05) is 59.8 Å². The van der Waals surface area contributed by atoms with E-state index in [4.69, 9.17) is 26.1 Å². The van der Waals surface area contributed by atoms with Crippen LogP contribution in [0.4, 0.5) is 0 Å². The molecule has 1 saturated heterocycles. The van der Waals surface area contributed by atoms with Crippen LogP contribution in [-0.4, -0.2) is 17.3 Å². The van der Waals surface area contributed by atoms with Crippen LogP contribution in [0.1, 0.15) is 41.6 Å². The summed E-state index contributed by atoms with van der Waals surface area (Å²) in [7, 11) is 0. The number of nitrogens with one attached hydrogen (secondary N) is 1. The normalized spacial score (nSPS) is 18.0. The molecular weight excluding hydrogens is 520 g/mol. The van der Waals surface area contributed by atoms with Crippen molar-refractivity contribution in [3.8, 4) is 11.5 Å². The molecule has 1 aromatic heterocycles. The Balaban J connectivity index is 1.07.